The fourth-order valence-electron chi connectivity index (χ4n) is 2.35. The molecule has 1 aliphatic rings. The molecule has 0 aliphatic carbocycles. The molecule has 0 bridgehead atoms. The molecule has 1 atom stereocenters. The molecule has 144 valence electrons. The van der Waals surface area contributed by atoms with E-state index in [1.54, 1.807) is 24.3 Å². The molecule has 1 fully saturated rings. The zero-order chi connectivity index (χ0) is 20.1. The number of benzene rings is 1. The summed E-state index contributed by atoms with van der Waals surface area (Å²) in [6, 6.07) is 2.52. The zero-order valence-corrected chi connectivity index (χ0v) is 18.0. The van der Waals surface area contributed by atoms with E-state index in [1.165, 1.54) is 21.1 Å². The molecule has 0 saturated carbocycles. The SMILES string of the molecule is C=CCOc1c(I)cc(/C=C2\SC(=O)N([C@H](C)C(=O)OC)C2=O)cc1OC. The monoisotopic (exact) mass is 503 g/mol. The van der Waals surface area contributed by atoms with Crippen molar-refractivity contribution < 1.29 is 28.6 Å². The van der Waals surface area contributed by atoms with Gasteiger partial charge in [-0.15, -0.1) is 0 Å². The molecular weight excluding hydrogens is 485 g/mol. The average Bonchev–Trinajstić information content (AvgIpc) is 2.92. The largest absolute Gasteiger partial charge is 0.493 e. The summed E-state index contributed by atoms with van der Waals surface area (Å²) in [7, 11) is 2.72. The lowest BCUT2D eigenvalue weighted by atomic mass is 10.1. The molecule has 1 aromatic rings. The van der Waals surface area contributed by atoms with Gasteiger partial charge in [0, 0.05) is 0 Å². The molecule has 2 amide bonds. The molecule has 9 heteroatoms. The van der Waals surface area contributed by atoms with E-state index in [1.807, 2.05) is 0 Å². The molecule has 2 rings (SSSR count). The number of carbonyl (C=O) groups excluding carboxylic acids is 3. The van der Waals surface area contributed by atoms with E-state index in [0.717, 1.165) is 20.2 Å². The fraction of sp³-hybridized carbons (Fsp3) is 0.278. The van der Waals surface area contributed by atoms with Crippen LogP contribution in [0.25, 0.3) is 6.08 Å². The van der Waals surface area contributed by atoms with Gasteiger partial charge in [0.2, 0.25) is 0 Å². The van der Waals surface area contributed by atoms with Gasteiger partial charge in [-0.25, -0.2) is 4.79 Å². The number of hydrogen-bond acceptors (Lipinski definition) is 7. The van der Waals surface area contributed by atoms with Crippen LogP contribution >= 0.6 is 34.4 Å². The van der Waals surface area contributed by atoms with E-state index in [4.69, 9.17) is 9.47 Å². The van der Waals surface area contributed by atoms with Crippen LogP contribution in [0.2, 0.25) is 0 Å². The number of thioether (sulfide) groups is 1. The first-order valence-electron chi connectivity index (χ1n) is 7.80. The van der Waals surface area contributed by atoms with E-state index < -0.39 is 23.2 Å². The topological polar surface area (TPSA) is 82.1 Å². The summed E-state index contributed by atoms with van der Waals surface area (Å²) in [4.78, 5) is 37.5. The van der Waals surface area contributed by atoms with Crippen LogP contribution in [0.1, 0.15) is 12.5 Å². The minimum Gasteiger partial charge on any atom is -0.493 e. The van der Waals surface area contributed by atoms with Crippen molar-refractivity contribution in [1.82, 2.24) is 4.90 Å². The van der Waals surface area contributed by atoms with Gasteiger partial charge in [-0.1, -0.05) is 12.7 Å². The van der Waals surface area contributed by atoms with Gasteiger partial charge in [0.05, 0.1) is 22.7 Å². The van der Waals surface area contributed by atoms with Crippen molar-refractivity contribution in [2.75, 3.05) is 20.8 Å². The highest BCUT2D eigenvalue weighted by Gasteiger charge is 2.41. The molecule has 0 unspecified atom stereocenters. The molecule has 0 N–H and O–H groups in total. The summed E-state index contributed by atoms with van der Waals surface area (Å²) >= 11 is 2.87. The molecule has 1 aromatic carbocycles. The highest BCUT2D eigenvalue weighted by Crippen LogP contribution is 2.37. The van der Waals surface area contributed by atoms with Crippen LogP contribution in [0.5, 0.6) is 11.5 Å². The quantitative estimate of drug-likeness (QED) is 0.244. The second kappa shape index (κ2) is 9.27. The van der Waals surface area contributed by atoms with Crippen molar-refractivity contribution >= 4 is 57.5 Å². The lowest BCUT2D eigenvalue weighted by Gasteiger charge is -2.18. The molecule has 0 aromatic heterocycles. The van der Waals surface area contributed by atoms with E-state index in [0.29, 0.717) is 23.7 Å². The maximum Gasteiger partial charge on any atom is 0.328 e. The summed E-state index contributed by atoms with van der Waals surface area (Å²) in [6.07, 6.45) is 3.21. The van der Waals surface area contributed by atoms with Crippen LogP contribution < -0.4 is 9.47 Å². The number of carbonyl (C=O) groups is 3. The van der Waals surface area contributed by atoms with Crippen LogP contribution in [-0.4, -0.2) is 48.9 Å². The maximum atomic E-state index is 12.6. The number of hydrogen-bond donors (Lipinski definition) is 0. The Balaban J connectivity index is 2.35. The Morgan fingerprint density at radius 2 is 2.07 bits per heavy atom. The number of halogens is 1. The van der Waals surface area contributed by atoms with Crippen LogP contribution in [0.3, 0.4) is 0 Å². The normalized spacial score (nSPS) is 16.4. The predicted molar refractivity (Wildman–Crippen MR) is 111 cm³/mol. The van der Waals surface area contributed by atoms with E-state index >= 15 is 0 Å². The molecule has 27 heavy (non-hydrogen) atoms. The molecule has 7 nitrogen and oxygen atoms in total. The Bertz CT molecular complexity index is 822. The van der Waals surface area contributed by atoms with E-state index in [-0.39, 0.29) is 4.91 Å². The first-order valence-corrected chi connectivity index (χ1v) is 9.69. The van der Waals surface area contributed by atoms with Crippen LogP contribution in [0.4, 0.5) is 4.79 Å². The van der Waals surface area contributed by atoms with Gasteiger partial charge in [-0.05, 0) is 65.0 Å². The van der Waals surface area contributed by atoms with Crippen LogP contribution in [0, 0.1) is 3.57 Å². The molecule has 1 saturated heterocycles. The summed E-state index contributed by atoms with van der Waals surface area (Å²) in [6.45, 7) is 5.39. The number of ether oxygens (including phenoxy) is 3. The van der Waals surface area contributed by atoms with Gasteiger partial charge in [0.1, 0.15) is 12.6 Å². The molecule has 0 radical (unpaired) electrons. The Morgan fingerprint density at radius 3 is 2.67 bits per heavy atom. The van der Waals surface area contributed by atoms with Gasteiger partial charge in [-0.2, -0.15) is 0 Å². The smallest absolute Gasteiger partial charge is 0.328 e. The molecule has 0 spiro atoms. The minimum atomic E-state index is -0.988. The summed E-state index contributed by atoms with van der Waals surface area (Å²) < 4.78 is 16.4. The number of esters is 1. The van der Waals surface area contributed by atoms with Crippen molar-refractivity contribution in [1.29, 1.82) is 0 Å². The van der Waals surface area contributed by atoms with Gasteiger partial charge in [-0.3, -0.25) is 14.5 Å². The predicted octanol–water partition coefficient (Wildman–Crippen LogP) is 3.46. The Kier molecular flexibility index (Phi) is 7.31. The number of rotatable bonds is 7. The van der Waals surface area contributed by atoms with Crippen molar-refractivity contribution in [2.45, 2.75) is 13.0 Å². The molecule has 1 aliphatic heterocycles. The van der Waals surface area contributed by atoms with Gasteiger partial charge < -0.3 is 14.2 Å². The lowest BCUT2D eigenvalue weighted by molar-refractivity contribution is -0.148. The van der Waals surface area contributed by atoms with Gasteiger partial charge in [0.25, 0.3) is 11.1 Å². The van der Waals surface area contributed by atoms with Crippen molar-refractivity contribution in [3.63, 3.8) is 0 Å². The van der Waals surface area contributed by atoms with Crippen molar-refractivity contribution in [3.8, 4) is 11.5 Å². The number of nitrogens with zero attached hydrogens (tertiary/aromatic N) is 1. The highest BCUT2D eigenvalue weighted by atomic mass is 127. The third-order valence-electron chi connectivity index (χ3n) is 3.65. The van der Waals surface area contributed by atoms with E-state index in [2.05, 4.69) is 33.9 Å². The Labute approximate surface area is 174 Å². The Morgan fingerprint density at radius 1 is 1.37 bits per heavy atom. The Hall–Kier alpha value is -2.01. The second-order valence-electron chi connectivity index (χ2n) is 5.38. The lowest BCUT2D eigenvalue weighted by Crippen LogP contribution is -2.42. The first-order chi connectivity index (χ1) is 12.8. The summed E-state index contributed by atoms with van der Waals surface area (Å²) in [5.74, 6) is -0.123. The van der Waals surface area contributed by atoms with E-state index in [9.17, 15) is 14.4 Å². The first kappa shape index (κ1) is 21.3. The third kappa shape index (κ3) is 4.64. The number of imide groups is 1. The van der Waals surface area contributed by atoms with Crippen LogP contribution in [0.15, 0.2) is 29.7 Å². The zero-order valence-electron chi connectivity index (χ0n) is 15.0. The van der Waals surface area contributed by atoms with Crippen molar-refractivity contribution in [3.05, 3.63) is 38.8 Å². The summed E-state index contributed by atoms with van der Waals surface area (Å²) in [5, 5.41) is -0.517. The number of amides is 2. The van der Waals surface area contributed by atoms with Gasteiger partial charge >= 0.3 is 5.97 Å². The van der Waals surface area contributed by atoms with Gasteiger partial charge in [0.15, 0.2) is 11.5 Å². The summed E-state index contributed by atoms with van der Waals surface area (Å²) in [5.41, 5.74) is 0.665. The average molecular weight is 503 g/mol. The van der Waals surface area contributed by atoms with Crippen molar-refractivity contribution in [2.24, 2.45) is 0 Å². The second-order valence-corrected chi connectivity index (χ2v) is 7.54. The maximum absolute atomic E-state index is 12.6. The number of methoxy groups -OCH3 is 2. The molecular formula is C18H18INO6S. The molecule has 1 heterocycles. The third-order valence-corrected chi connectivity index (χ3v) is 5.33. The fourth-order valence-corrected chi connectivity index (χ4v) is 4.04. The minimum absolute atomic E-state index is 0.216. The standard InChI is InChI=1S/C18H18INO6S/c1-5-6-26-15-12(19)7-11(8-13(15)24-3)9-14-16(21)20(18(23)27-14)10(2)17(22)25-4/h5,7-10H,1,6H2,2-4H3/b14-9-/t10-/m1/s1. The van der Waals surface area contributed by atoms with Crippen LogP contribution in [-0.2, 0) is 14.3 Å². The highest BCUT2D eigenvalue weighted by molar-refractivity contribution is 14.1.